The number of rotatable bonds is 2. The minimum absolute atomic E-state index is 0.0600. The van der Waals surface area contributed by atoms with Crippen LogP contribution in [0.3, 0.4) is 0 Å². The average Bonchev–Trinajstić information content (AvgIpc) is 3.11. The van der Waals surface area contributed by atoms with Crippen LogP contribution in [0.25, 0.3) is 11.0 Å². The summed E-state index contributed by atoms with van der Waals surface area (Å²) in [6.07, 6.45) is 5.06. The summed E-state index contributed by atoms with van der Waals surface area (Å²) in [7, 11) is 0. The molecule has 0 radical (unpaired) electrons. The highest BCUT2D eigenvalue weighted by molar-refractivity contribution is 7.14. The Morgan fingerprint density at radius 2 is 2.27 bits per heavy atom. The topological polar surface area (TPSA) is 46.9 Å². The Balaban J connectivity index is 1.60. The van der Waals surface area contributed by atoms with E-state index in [0.29, 0.717) is 0 Å². The Kier molecular flexibility index (Phi) is 3.22. The molecular weight excluding hydrogens is 294 g/mol. The number of fused-ring (bicyclic) bond motifs is 2. The molecule has 0 spiro atoms. The number of carbonyl (C=O) groups is 1. The predicted octanol–water partition coefficient (Wildman–Crippen LogP) is 3.61. The molecule has 1 atom stereocenters. The van der Waals surface area contributed by atoms with Crippen LogP contribution in [0.2, 0.25) is 0 Å². The molecule has 2 heterocycles. The second kappa shape index (κ2) is 5.25. The first kappa shape index (κ1) is 13.5. The standard InChI is InChI=1S/C17H17N3OS/c1-11-6-7-15-12(8-11)9-16(22-15)17(21)19-20-10-18-13-4-2-3-5-14(13)20/h2-5,9-11H,6-8H2,1H3,(H,19,21)/t11-/m0/s1. The number of amides is 1. The maximum atomic E-state index is 12.5. The molecule has 0 saturated carbocycles. The Bertz CT molecular complexity index is 849. The summed E-state index contributed by atoms with van der Waals surface area (Å²) >= 11 is 1.63. The van der Waals surface area contributed by atoms with Crippen LogP contribution in [0.5, 0.6) is 0 Å². The monoisotopic (exact) mass is 311 g/mol. The van der Waals surface area contributed by atoms with Gasteiger partial charge in [0.05, 0.1) is 15.9 Å². The van der Waals surface area contributed by atoms with E-state index in [4.69, 9.17) is 0 Å². The summed E-state index contributed by atoms with van der Waals surface area (Å²) in [6, 6.07) is 9.82. The smallest absolute Gasteiger partial charge is 0.266 e. The number of thiophene rings is 1. The molecule has 0 unspecified atom stereocenters. The molecule has 1 amide bonds. The fourth-order valence-corrected chi connectivity index (χ4v) is 4.13. The molecule has 5 heteroatoms. The van der Waals surface area contributed by atoms with Gasteiger partial charge in [0.15, 0.2) is 0 Å². The number of hydrogen-bond donors (Lipinski definition) is 1. The van der Waals surface area contributed by atoms with Gasteiger partial charge < -0.3 is 0 Å². The Hall–Kier alpha value is -2.14. The minimum Gasteiger partial charge on any atom is -0.266 e. The van der Waals surface area contributed by atoms with Gasteiger partial charge in [0.1, 0.15) is 6.33 Å². The first-order valence-electron chi connectivity index (χ1n) is 7.56. The van der Waals surface area contributed by atoms with Crippen LogP contribution in [-0.2, 0) is 12.8 Å². The summed E-state index contributed by atoms with van der Waals surface area (Å²) in [6.45, 7) is 2.28. The summed E-state index contributed by atoms with van der Waals surface area (Å²) in [5, 5.41) is 0. The number of aromatic nitrogens is 2. The Morgan fingerprint density at radius 1 is 1.41 bits per heavy atom. The van der Waals surface area contributed by atoms with E-state index in [1.54, 1.807) is 22.3 Å². The molecule has 0 aliphatic heterocycles. The Labute approximate surface area is 132 Å². The summed E-state index contributed by atoms with van der Waals surface area (Å²) in [5.74, 6) is 0.658. The van der Waals surface area contributed by atoms with E-state index in [1.807, 2.05) is 24.3 Å². The second-order valence-electron chi connectivity index (χ2n) is 5.95. The third-order valence-electron chi connectivity index (χ3n) is 4.23. The first-order chi connectivity index (χ1) is 10.7. The van der Waals surface area contributed by atoms with Gasteiger partial charge in [0.2, 0.25) is 0 Å². The van der Waals surface area contributed by atoms with Gasteiger partial charge in [-0.1, -0.05) is 19.1 Å². The van der Waals surface area contributed by atoms with Crippen molar-refractivity contribution in [3.63, 3.8) is 0 Å². The number of carbonyl (C=O) groups excluding carboxylic acids is 1. The van der Waals surface area contributed by atoms with Gasteiger partial charge in [0, 0.05) is 4.88 Å². The fraction of sp³-hybridized carbons (Fsp3) is 0.294. The molecular formula is C17H17N3OS. The number of nitrogens with zero attached hydrogens (tertiary/aromatic N) is 2. The van der Waals surface area contributed by atoms with Crippen molar-refractivity contribution in [2.24, 2.45) is 5.92 Å². The highest BCUT2D eigenvalue weighted by atomic mass is 32.1. The normalized spacial score (nSPS) is 17.4. The number of imidazole rings is 1. The third-order valence-corrected chi connectivity index (χ3v) is 5.46. The van der Waals surface area contributed by atoms with E-state index < -0.39 is 0 Å². The molecule has 112 valence electrons. The third kappa shape index (κ3) is 2.31. The van der Waals surface area contributed by atoms with E-state index >= 15 is 0 Å². The van der Waals surface area contributed by atoms with Crippen molar-refractivity contribution in [3.05, 3.63) is 52.0 Å². The molecule has 4 rings (SSSR count). The van der Waals surface area contributed by atoms with Gasteiger partial charge in [0.25, 0.3) is 5.91 Å². The van der Waals surface area contributed by atoms with Crippen molar-refractivity contribution in [1.82, 2.24) is 9.66 Å². The quantitative estimate of drug-likeness (QED) is 0.786. The van der Waals surface area contributed by atoms with E-state index in [1.165, 1.54) is 16.9 Å². The van der Waals surface area contributed by atoms with Crippen LogP contribution in [0, 0.1) is 5.92 Å². The van der Waals surface area contributed by atoms with E-state index in [-0.39, 0.29) is 5.91 Å². The van der Waals surface area contributed by atoms with Crippen molar-refractivity contribution in [3.8, 4) is 0 Å². The highest BCUT2D eigenvalue weighted by Gasteiger charge is 2.21. The van der Waals surface area contributed by atoms with Crippen LogP contribution < -0.4 is 5.43 Å². The maximum Gasteiger partial charge on any atom is 0.280 e. The van der Waals surface area contributed by atoms with Crippen LogP contribution in [0.15, 0.2) is 36.7 Å². The maximum absolute atomic E-state index is 12.5. The zero-order valence-electron chi connectivity index (χ0n) is 12.4. The van der Waals surface area contributed by atoms with Gasteiger partial charge in [-0.05, 0) is 48.9 Å². The number of hydrogen-bond acceptors (Lipinski definition) is 3. The van der Waals surface area contributed by atoms with E-state index in [0.717, 1.165) is 34.7 Å². The van der Waals surface area contributed by atoms with Crippen LogP contribution in [0.1, 0.15) is 33.5 Å². The molecule has 1 aliphatic rings. The minimum atomic E-state index is -0.0600. The zero-order valence-corrected chi connectivity index (χ0v) is 13.2. The lowest BCUT2D eigenvalue weighted by atomic mass is 9.90. The van der Waals surface area contributed by atoms with Crippen molar-refractivity contribution in [2.45, 2.75) is 26.2 Å². The molecule has 0 saturated heterocycles. The van der Waals surface area contributed by atoms with Gasteiger partial charge >= 0.3 is 0 Å². The van der Waals surface area contributed by atoms with Gasteiger partial charge in [-0.3, -0.25) is 10.2 Å². The van der Waals surface area contributed by atoms with E-state index in [2.05, 4.69) is 23.4 Å². The Morgan fingerprint density at radius 3 is 3.18 bits per heavy atom. The SMILES string of the molecule is C[C@H]1CCc2sc(C(=O)Nn3cnc4ccccc43)cc2C1. The molecule has 2 aromatic heterocycles. The van der Waals surface area contributed by atoms with Crippen molar-refractivity contribution in [2.75, 3.05) is 5.43 Å². The number of benzene rings is 1. The molecule has 1 N–H and O–H groups in total. The van der Waals surface area contributed by atoms with Gasteiger partial charge in [-0.15, -0.1) is 11.3 Å². The zero-order chi connectivity index (χ0) is 15.1. The van der Waals surface area contributed by atoms with Crippen molar-refractivity contribution < 1.29 is 4.79 Å². The predicted molar refractivity (Wildman–Crippen MR) is 88.9 cm³/mol. The van der Waals surface area contributed by atoms with Crippen LogP contribution >= 0.6 is 11.3 Å². The van der Waals surface area contributed by atoms with Gasteiger partial charge in [-0.2, -0.15) is 0 Å². The molecule has 4 nitrogen and oxygen atoms in total. The van der Waals surface area contributed by atoms with Crippen molar-refractivity contribution >= 4 is 28.3 Å². The van der Waals surface area contributed by atoms with Crippen LogP contribution in [0.4, 0.5) is 0 Å². The largest absolute Gasteiger partial charge is 0.280 e. The molecule has 22 heavy (non-hydrogen) atoms. The van der Waals surface area contributed by atoms with Crippen molar-refractivity contribution in [1.29, 1.82) is 0 Å². The number of para-hydroxylation sites is 2. The second-order valence-corrected chi connectivity index (χ2v) is 7.09. The molecule has 0 bridgehead atoms. The summed E-state index contributed by atoms with van der Waals surface area (Å²) in [5.41, 5.74) is 6.06. The van der Waals surface area contributed by atoms with Gasteiger partial charge in [-0.25, -0.2) is 9.66 Å². The lowest BCUT2D eigenvalue weighted by Crippen LogP contribution is -2.21. The van der Waals surface area contributed by atoms with E-state index in [9.17, 15) is 4.79 Å². The lowest BCUT2D eigenvalue weighted by molar-refractivity contribution is 0.101. The number of nitrogens with one attached hydrogen (secondary N) is 1. The molecule has 0 fully saturated rings. The summed E-state index contributed by atoms with van der Waals surface area (Å²) < 4.78 is 1.69. The highest BCUT2D eigenvalue weighted by Crippen LogP contribution is 2.32. The first-order valence-corrected chi connectivity index (χ1v) is 8.37. The molecule has 3 aromatic rings. The molecule has 1 aliphatic carbocycles. The summed E-state index contributed by atoms with van der Waals surface area (Å²) in [4.78, 5) is 19.0. The fourth-order valence-electron chi connectivity index (χ4n) is 3.03. The lowest BCUT2D eigenvalue weighted by Gasteiger charge is -2.16. The average molecular weight is 311 g/mol. The molecule has 1 aromatic carbocycles. The van der Waals surface area contributed by atoms with Crippen LogP contribution in [-0.4, -0.2) is 15.6 Å². The number of aryl methyl sites for hydroxylation is 1.